The standard InChI is InChI=1S/C20H28N4O/c1-16-19(17(2)22-21-16)8-9-20(25)24-14-12-23(13-15-24)11-10-18-6-4-3-5-7-18/h3-7H,8-15H2,1-2H3,(H,21,22). The van der Waals surface area contributed by atoms with Crippen molar-refractivity contribution in [2.24, 2.45) is 0 Å². The average Bonchev–Trinajstić information content (AvgIpc) is 2.97. The van der Waals surface area contributed by atoms with Crippen LogP contribution >= 0.6 is 0 Å². The summed E-state index contributed by atoms with van der Waals surface area (Å²) >= 11 is 0. The zero-order valence-electron chi connectivity index (χ0n) is 15.3. The molecule has 0 atom stereocenters. The lowest BCUT2D eigenvalue weighted by molar-refractivity contribution is -0.132. The Hall–Kier alpha value is -2.14. The molecule has 5 nitrogen and oxygen atoms in total. The Balaban J connectivity index is 1.40. The number of aromatic amines is 1. The largest absolute Gasteiger partial charge is 0.340 e. The molecule has 1 N–H and O–H groups in total. The Morgan fingerprint density at radius 1 is 1.08 bits per heavy atom. The normalized spacial score (nSPS) is 15.5. The van der Waals surface area contributed by atoms with Gasteiger partial charge < -0.3 is 4.90 Å². The first-order valence-electron chi connectivity index (χ1n) is 9.18. The van der Waals surface area contributed by atoms with Crippen LogP contribution in [0, 0.1) is 13.8 Å². The molecule has 1 amide bonds. The second-order valence-corrected chi connectivity index (χ2v) is 6.87. The number of benzene rings is 1. The summed E-state index contributed by atoms with van der Waals surface area (Å²) in [6.45, 7) is 8.72. The van der Waals surface area contributed by atoms with E-state index in [0.717, 1.165) is 57.0 Å². The summed E-state index contributed by atoms with van der Waals surface area (Å²) in [4.78, 5) is 17.0. The third-order valence-corrected chi connectivity index (χ3v) is 5.15. The monoisotopic (exact) mass is 340 g/mol. The quantitative estimate of drug-likeness (QED) is 0.878. The Morgan fingerprint density at radius 3 is 2.44 bits per heavy atom. The Kier molecular flexibility index (Phi) is 5.87. The summed E-state index contributed by atoms with van der Waals surface area (Å²) in [6.07, 6.45) is 2.43. The van der Waals surface area contributed by atoms with Crippen LogP contribution < -0.4 is 0 Å². The van der Waals surface area contributed by atoms with Crippen LogP contribution in [-0.2, 0) is 17.6 Å². The summed E-state index contributed by atoms with van der Waals surface area (Å²) in [7, 11) is 0. The fourth-order valence-corrected chi connectivity index (χ4v) is 3.49. The lowest BCUT2D eigenvalue weighted by Gasteiger charge is -2.34. The highest BCUT2D eigenvalue weighted by Crippen LogP contribution is 2.13. The van der Waals surface area contributed by atoms with Gasteiger partial charge in [0.1, 0.15) is 0 Å². The van der Waals surface area contributed by atoms with Gasteiger partial charge in [0.25, 0.3) is 0 Å². The van der Waals surface area contributed by atoms with Gasteiger partial charge in [-0.2, -0.15) is 5.10 Å². The minimum atomic E-state index is 0.266. The van der Waals surface area contributed by atoms with Gasteiger partial charge in [-0.05, 0) is 37.8 Å². The van der Waals surface area contributed by atoms with Gasteiger partial charge in [-0.1, -0.05) is 30.3 Å². The van der Waals surface area contributed by atoms with Crippen molar-refractivity contribution in [1.82, 2.24) is 20.0 Å². The van der Waals surface area contributed by atoms with E-state index >= 15 is 0 Å². The highest BCUT2D eigenvalue weighted by molar-refractivity contribution is 5.76. The Labute approximate surface area is 150 Å². The van der Waals surface area contributed by atoms with Gasteiger partial charge in [-0.25, -0.2) is 0 Å². The van der Waals surface area contributed by atoms with Crippen LogP contribution in [0.15, 0.2) is 30.3 Å². The summed E-state index contributed by atoms with van der Waals surface area (Å²) in [5, 5.41) is 7.20. The van der Waals surface area contributed by atoms with Gasteiger partial charge in [0.15, 0.2) is 0 Å². The van der Waals surface area contributed by atoms with Gasteiger partial charge in [-0.15, -0.1) is 0 Å². The third kappa shape index (κ3) is 4.69. The van der Waals surface area contributed by atoms with Crippen molar-refractivity contribution >= 4 is 5.91 Å². The number of carbonyl (C=O) groups is 1. The van der Waals surface area contributed by atoms with Crippen LogP contribution in [0.5, 0.6) is 0 Å². The molecule has 1 aromatic heterocycles. The lowest BCUT2D eigenvalue weighted by atomic mass is 10.1. The van der Waals surface area contributed by atoms with Crippen molar-refractivity contribution in [2.45, 2.75) is 33.1 Å². The number of H-pyrrole nitrogens is 1. The molecule has 0 spiro atoms. The predicted molar refractivity (Wildman–Crippen MR) is 99.5 cm³/mol. The average molecular weight is 340 g/mol. The van der Waals surface area contributed by atoms with Gasteiger partial charge in [-0.3, -0.25) is 14.8 Å². The number of rotatable bonds is 6. The van der Waals surface area contributed by atoms with Crippen LogP contribution in [0.4, 0.5) is 0 Å². The number of hydrogen-bond acceptors (Lipinski definition) is 3. The molecule has 1 aromatic carbocycles. The maximum Gasteiger partial charge on any atom is 0.222 e. The van der Waals surface area contributed by atoms with E-state index < -0.39 is 0 Å². The molecule has 0 unspecified atom stereocenters. The molecule has 0 saturated carbocycles. The number of piperazine rings is 1. The van der Waals surface area contributed by atoms with Crippen LogP contribution in [-0.4, -0.2) is 58.6 Å². The summed E-state index contributed by atoms with van der Waals surface area (Å²) in [5.74, 6) is 0.266. The molecule has 0 aliphatic carbocycles. The zero-order chi connectivity index (χ0) is 17.6. The number of amides is 1. The zero-order valence-corrected chi connectivity index (χ0v) is 15.3. The second kappa shape index (κ2) is 8.30. The van der Waals surface area contributed by atoms with Crippen LogP contribution in [0.25, 0.3) is 0 Å². The number of hydrogen-bond donors (Lipinski definition) is 1. The first kappa shape index (κ1) is 17.7. The van der Waals surface area contributed by atoms with E-state index in [1.54, 1.807) is 0 Å². The number of carbonyl (C=O) groups excluding carboxylic acids is 1. The second-order valence-electron chi connectivity index (χ2n) is 6.87. The van der Waals surface area contributed by atoms with Crippen molar-refractivity contribution in [2.75, 3.05) is 32.7 Å². The van der Waals surface area contributed by atoms with E-state index in [-0.39, 0.29) is 5.91 Å². The maximum absolute atomic E-state index is 12.5. The smallest absolute Gasteiger partial charge is 0.222 e. The van der Waals surface area contributed by atoms with Crippen molar-refractivity contribution in [1.29, 1.82) is 0 Å². The summed E-state index contributed by atoms with van der Waals surface area (Å²) in [6, 6.07) is 10.6. The van der Waals surface area contributed by atoms with Gasteiger partial charge in [0, 0.05) is 44.8 Å². The van der Waals surface area contributed by atoms with E-state index in [1.165, 1.54) is 11.1 Å². The van der Waals surface area contributed by atoms with Crippen LogP contribution in [0.3, 0.4) is 0 Å². The molecule has 5 heteroatoms. The number of aromatic nitrogens is 2. The minimum Gasteiger partial charge on any atom is -0.340 e. The molecule has 3 rings (SSSR count). The van der Waals surface area contributed by atoms with Crippen LogP contribution in [0.2, 0.25) is 0 Å². The molecule has 25 heavy (non-hydrogen) atoms. The van der Waals surface area contributed by atoms with Gasteiger partial charge >= 0.3 is 0 Å². The number of nitrogens with zero attached hydrogens (tertiary/aromatic N) is 3. The fourth-order valence-electron chi connectivity index (χ4n) is 3.49. The molecule has 2 heterocycles. The molecular weight excluding hydrogens is 312 g/mol. The molecule has 0 radical (unpaired) electrons. The molecule has 2 aromatic rings. The number of nitrogens with one attached hydrogen (secondary N) is 1. The van der Waals surface area contributed by atoms with Crippen molar-refractivity contribution in [3.05, 3.63) is 52.8 Å². The molecule has 1 saturated heterocycles. The summed E-state index contributed by atoms with van der Waals surface area (Å²) < 4.78 is 0. The van der Waals surface area contributed by atoms with E-state index in [2.05, 4.69) is 45.4 Å². The van der Waals surface area contributed by atoms with Gasteiger partial charge in [0.2, 0.25) is 5.91 Å². The van der Waals surface area contributed by atoms with Crippen LogP contribution in [0.1, 0.15) is 28.9 Å². The lowest BCUT2D eigenvalue weighted by Crippen LogP contribution is -2.49. The highest BCUT2D eigenvalue weighted by atomic mass is 16.2. The molecule has 1 fully saturated rings. The van der Waals surface area contributed by atoms with Crippen molar-refractivity contribution in [3.63, 3.8) is 0 Å². The topological polar surface area (TPSA) is 52.2 Å². The van der Waals surface area contributed by atoms with Crippen molar-refractivity contribution < 1.29 is 4.79 Å². The summed E-state index contributed by atoms with van der Waals surface area (Å²) in [5.41, 5.74) is 4.66. The maximum atomic E-state index is 12.5. The Bertz CT molecular complexity index is 667. The molecule has 1 aliphatic rings. The highest BCUT2D eigenvalue weighted by Gasteiger charge is 2.21. The molecule has 1 aliphatic heterocycles. The van der Waals surface area contributed by atoms with E-state index in [9.17, 15) is 4.79 Å². The SMILES string of the molecule is Cc1n[nH]c(C)c1CCC(=O)N1CCN(CCc2ccccc2)CC1. The van der Waals surface area contributed by atoms with E-state index in [4.69, 9.17) is 0 Å². The third-order valence-electron chi connectivity index (χ3n) is 5.15. The molecule has 0 bridgehead atoms. The van der Waals surface area contributed by atoms with Gasteiger partial charge in [0.05, 0.1) is 5.69 Å². The predicted octanol–water partition coefficient (Wildman–Crippen LogP) is 2.35. The van der Waals surface area contributed by atoms with E-state index in [0.29, 0.717) is 6.42 Å². The fraction of sp³-hybridized carbons (Fsp3) is 0.500. The molecule has 134 valence electrons. The first-order chi connectivity index (χ1) is 12.1. The minimum absolute atomic E-state index is 0.266. The van der Waals surface area contributed by atoms with Crippen molar-refractivity contribution in [3.8, 4) is 0 Å². The Morgan fingerprint density at radius 2 is 1.80 bits per heavy atom. The first-order valence-corrected chi connectivity index (χ1v) is 9.18. The van der Waals surface area contributed by atoms with E-state index in [1.807, 2.05) is 18.7 Å². The number of aryl methyl sites for hydroxylation is 2. The molecular formula is C20H28N4O.